The van der Waals surface area contributed by atoms with Crippen molar-refractivity contribution in [2.24, 2.45) is 12.5 Å². The number of fused-ring (bicyclic) bond motifs is 2. The SMILES string of the molecule is Cn1ncc2ccc(COc3nc(N4CCC5(CC4)CC5c4nc5ccc(C(=O)O)cc5n4C[C@@H]4CCO4)c(F)cc3F)cc21. The molecule has 1 N–H and O–H groups in total. The van der Waals surface area contributed by atoms with E-state index in [1.165, 1.54) is 0 Å². The van der Waals surface area contributed by atoms with Gasteiger partial charge in [0, 0.05) is 44.1 Å². The van der Waals surface area contributed by atoms with Gasteiger partial charge in [0.25, 0.3) is 5.88 Å². The zero-order valence-corrected chi connectivity index (χ0v) is 24.7. The lowest BCUT2D eigenvalue weighted by Gasteiger charge is -2.34. The third-order valence-electron chi connectivity index (χ3n) is 9.83. The van der Waals surface area contributed by atoms with Crippen LogP contribution in [0.3, 0.4) is 0 Å². The highest BCUT2D eigenvalue weighted by molar-refractivity contribution is 5.92. The maximum Gasteiger partial charge on any atom is 0.335 e. The fraction of sp³-hybridized carbons (Fsp3) is 0.394. The van der Waals surface area contributed by atoms with Crippen molar-refractivity contribution < 1.29 is 28.2 Å². The molecule has 0 radical (unpaired) electrons. The molecule has 12 heteroatoms. The van der Waals surface area contributed by atoms with E-state index in [2.05, 4.69) is 14.6 Å². The minimum atomic E-state index is -0.970. The van der Waals surface area contributed by atoms with E-state index in [4.69, 9.17) is 14.5 Å². The zero-order valence-electron chi connectivity index (χ0n) is 24.7. The van der Waals surface area contributed by atoms with Gasteiger partial charge < -0.3 is 24.0 Å². The summed E-state index contributed by atoms with van der Waals surface area (Å²) < 4.78 is 45.2. The molecule has 3 fully saturated rings. The van der Waals surface area contributed by atoms with Crippen molar-refractivity contribution >= 4 is 33.7 Å². The summed E-state index contributed by atoms with van der Waals surface area (Å²) in [4.78, 5) is 22.8. The van der Waals surface area contributed by atoms with Gasteiger partial charge in [-0.25, -0.2) is 18.6 Å². The average Bonchev–Trinajstić information content (AvgIpc) is 3.38. The van der Waals surface area contributed by atoms with Crippen LogP contribution in [0.2, 0.25) is 0 Å². The summed E-state index contributed by atoms with van der Waals surface area (Å²) in [6.07, 6.45) is 5.40. The van der Waals surface area contributed by atoms with E-state index in [1.54, 1.807) is 29.1 Å². The molecule has 3 aromatic heterocycles. The Labute approximate surface area is 257 Å². The summed E-state index contributed by atoms with van der Waals surface area (Å²) in [7, 11) is 1.85. The van der Waals surface area contributed by atoms with Crippen molar-refractivity contribution in [3.05, 3.63) is 77.2 Å². The number of ether oxygens (including phenoxy) is 2. The number of benzene rings is 2. The Morgan fingerprint density at radius 1 is 1.09 bits per heavy atom. The molecule has 0 amide bonds. The molecular formula is C33H32F2N6O4. The molecule has 45 heavy (non-hydrogen) atoms. The lowest BCUT2D eigenvalue weighted by Crippen LogP contribution is -2.36. The number of aromatic nitrogens is 5. The Bertz CT molecular complexity index is 1960. The molecule has 2 atom stereocenters. The number of hydrogen-bond acceptors (Lipinski definition) is 7. The molecule has 1 aliphatic carbocycles. The van der Waals surface area contributed by atoms with Crippen molar-refractivity contribution in [2.45, 2.75) is 50.9 Å². The number of piperidine rings is 1. The number of aromatic carboxylic acids is 1. The van der Waals surface area contributed by atoms with Gasteiger partial charge in [-0.1, -0.05) is 12.1 Å². The van der Waals surface area contributed by atoms with Crippen molar-refractivity contribution in [1.29, 1.82) is 0 Å². The first kappa shape index (κ1) is 27.9. The highest BCUT2D eigenvalue weighted by Gasteiger charge is 2.57. The number of carboxylic acids is 1. The molecule has 1 unspecified atom stereocenters. The third kappa shape index (κ3) is 4.87. The van der Waals surface area contributed by atoms with Gasteiger partial charge in [-0.15, -0.1) is 0 Å². The van der Waals surface area contributed by atoms with Crippen molar-refractivity contribution in [2.75, 3.05) is 24.6 Å². The molecule has 1 spiro atoms. The van der Waals surface area contributed by atoms with Crippen molar-refractivity contribution in [3.8, 4) is 5.88 Å². The van der Waals surface area contributed by atoms with Crippen LogP contribution in [0.15, 0.2) is 48.7 Å². The molecule has 2 aromatic carbocycles. The molecule has 5 heterocycles. The largest absolute Gasteiger partial charge is 0.478 e. The first-order chi connectivity index (χ1) is 21.8. The molecule has 3 aliphatic rings. The Kier molecular flexibility index (Phi) is 6.52. The van der Waals surface area contributed by atoms with Crippen LogP contribution in [0.25, 0.3) is 21.9 Å². The summed E-state index contributed by atoms with van der Waals surface area (Å²) >= 11 is 0. The highest BCUT2D eigenvalue weighted by Crippen LogP contribution is 2.65. The number of aryl methyl sites for hydroxylation is 1. The molecule has 0 bridgehead atoms. The minimum Gasteiger partial charge on any atom is -0.478 e. The van der Waals surface area contributed by atoms with Crippen LogP contribution in [-0.2, 0) is 24.9 Å². The van der Waals surface area contributed by atoms with Gasteiger partial charge in [-0.2, -0.15) is 10.1 Å². The Morgan fingerprint density at radius 3 is 2.67 bits per heavy atom. The quantitative estimate of drug-likeness (QED) is 0.246. The fourth-order valence-electron chi connectivity index (χ4n) is 6.99. The summed E-state index contributed by atoms with van der Waals surface area (Å²) in [5.41, 5.74) is 3.60. The van der Waals surface area contributed by atoms with Crippen LogP contribution in [0, 0.1) is 17.0 Å². The number of carbonyl (C=O) groups is 1. The number of rotatable bonds is 8. The van der Waals surface area contributed by atoms with Gasteiger partial charge in [0.05, 0.1) is 41.0 Å². The maximum absolute atomic E-state index is 15.1. The van der Waals surface area contributed by atoms with E-state index in [-0.39, 0.29) is 41.3 Å². The number of pyridine rings is 1. The van der Waals surface area contributed by atoms with Gasteiger partial charge >= 0.3 is 5.97 Å². The molecule has 2 aliphatic heterocycles. The zero-order chi connectivity index (χ0) is 30.9. The predicted molar refractivity (Wildman–Crippen MR) is 161 cm³/mol. The lowest BCUT2D eigenvalue weighted by molar-refractivity contribution is -0.0590. The molecule has 8 rings (SSSR count). The second-order valence-electron chi connectivity index (χ2n) is 12.5. The number of carboxylic acid groups (broad SMARTS) is 1. The van der Waals surface area contributed by atoms with Gasteiger partial charge in [0.15, 0.2) is 17.5 Å². The van der Waals surface area contributed by atoms with E-state index < -0.39 is 17.6 Å². The second kappa shape index (κ2) is 10.5. The van der Waals surface area contributed by atoms with Crippen LogP contribution < -0.4 is 9.64 Å². The normalized spacial score (nSPS) is 20.6. The number of imidazole rings is 1. The van der Waals surface area contributed by atoms with E-state index in [1.807, 2.05) is 30.1 Å². The monoisotopic (exact) mass is 614 g/mol. The average molecular weight is 615 g/mol. The van der Waals surface area contributed by atoms with Crippen LogP contribution in [0.4, 0.5) is 14.6 Å². The number of hydrogen-bond donors (Lipinski definition) is 1. The number of nitrogens with zero attached hydrogens (tertiary/aromatic N) is 6. The Morgan fingerprint density at radius 2 is 1.91 bits per heavy atom. The summed E-state index contributed by atoms with van der Waals surface area (Å²) in [5.74, 6) is -1.48. The summed E-state index contributed by atoms with van der Waals surface area (Å²) in [5, 5.41) is 14.8. The highest BCUT2D eigenvalue weighted by atomic mass is 19.1. The van der Waals surface area contributed by atoms with Gasteiger partial charge in [-0.05, 0) is 60.9 Å². The van der Waals surface area contributed by atoms with E-state index in [0.29, 0.717) is 19.6 Å². The molecule has 232 valence electrons. The van der Waals surface area contributed by atoms with Crippen LogP contribution in [0.1, 0.15) is 53.3 Å². The third-order valence-corrected chi connectivity index (χ3v) is 9.83. The van der Waals surface area contributed by atoms with Gasteiger partial charge in [-0.3, -0.25) is 4.68 Å². The van der Waals surface area contributed by atoms with E-state index >= 15 is 4.39 Å². The summed E-state index contributed by atoms with van der Waals surface area (Å²) in [6.45, 7) is 2.59. The predicted octanol–water partition coefficient (Wildman–Crippen LogP) is 5.44. The van der Waals surface area contributed by atoms with Crippen LogP contribution in [-0.4, -0.2) is 61.2 Å². The topological polar surface area (TPSA) is 108 Å². The van der Waals surface area contributed by atoms with E-state index in [0.717, 1.165) is 71.7 Å². The number of anilines is 1. The smallest absolute Gasteiger partial charge is 0.335 e. The van der Waals surface area contributed by atoms with Crippen LogP contribution >= 0.6 is 0 Å². The Balaban J connectivity index is 0.989. The van der Waals surface area contributed by atoms with Crippen molar-refractivity contribution in [3.63, 3.8) is 0 Å². The second-order valence-corrected chi connectivity index (χ2v) is 12.5. The molecule has 10 nitrogen and oxygen atoms in total. The molecule has 5 aromatic rings. The van der Waals surface area contributed by atoms with Crippen molar-refractivity contribution in [1.82, 2.24) is 24.3 Å². The molecular weight excluding hydrogens is 582 g/mol. The minimum absolute atomic E-state index is 0.0198. The lowest BCUT2D eigenvalue weighted by atomic mass is 9.90. The van der Waals surface area contributed by atoms with Gasteiger partial charge in [0.2, 0.25) is 0 Å². The first-order valence-corrected chi connectivity index (χ1v) is 15.3. The van der Waals surface area contributed by atoms with Gasteiger partial charge in [0.1, 0.15) is 12.4 Å². The number of halogens is 2. The van der Waals surface area contributed by atoms with Crippen LogP contribution in [0.5, 0.6) is 5.88 Å². The van der Waals surface area contributed by atoms with E-state index in [9.17, 15) is 14.3 Å². The molecule has 2 saturated heterocycles. The molecule has 1 saturated carbocycles. The fourth-order valence-corrected chi connectivity index (χ4v) is 6.99. The first-order valence-electron chi connectivity index (χ1n) is 15.3. The maximum atomic E-state index is 15.1. The standard InChI is InChI=1S/C33H32F2N6O4/c1-39-27-12-19(2-3-21(27)16-36-39)18-45-31-25(35)14-24(34)30(38-31)40-9-7-33(8-10-40)15-23(33)29-37-26-5-4-20(32(42)43)13-28(26)41(29)17-22-6-11-44-22/h2-5,12-14,16,22-23H,6-11,15,17-18H2,1H3,(H,42,43)/t22-,23?/m0/s1. The summed E-state index contributed by atoms with van der Waals surface area (Å²) in [6, 6.07) is 11.7. The Hall–Kier alpha value is -4.58.